The summed E-state index contributed by atoms with van der Waals surface area (Å²) < 4.78 is 43.4. The summed E-state index contributed by atoms with van der Waals surface area (Å²) in [4.78, 5) is 27.4. The molecule has 0 unspecified atom stereocenters. The summed E-state index contributed by atoms with van der Waals surface area (Å²) in [5.74, 6) is -1.28. The highest BCUT2D eigenvalue weighted by atomic mass is 32.2. The highest BCUT2D eigenvalue weighted by Crippen LogP contribution is 2.29. The van der Waals surface area contributed by atoms with Gasteiger partial charge in [0.1, 0.15) is 17.3 Å². The zero-order valence-electron chi connectivity index (χ0n) is 20.4. The molecule has 1 N–H and O–H groups in total. The van der Waals surface area contributed by atoms with Crippen LogP contribution in [0.5, 0.6) is 0 Å². The van der Waals surface area contributed by atoms with Crippen LogP contribution in [0.4, 0.5) is 10.1 Å². The van der Waals surface area contributed by atoms with Gasteiger partial charge in [0, 0.05) is 31.9 Å². The van der Waals surface area contributed by atoms with Gasteiger partial charge < -0.3 is 10.2 Å². The second kappa shape index (κ2) is 10.1. The molecule has 3 heterocycles. The predicted molar refractivity (Wildman–Crippen MR) is 129 cm³/mol. The Bertz CT molecular complexity index is 1240. The van der Waals surface area contributed by atoms with Gasteiger partial charge in [-0.25, -0.2) is 12.8 Å². The average molecular weight is 506 g/mol. The summed E-state index contributed by atoms with van der Waals surface area (Å²) in [7, 11) is -3.91. The molecule has 2 aliphatic rings. The number of amides is 2. The number of benzene rings is 1. The molecular formula is C24H32FN5O4S. The van der Waals surface area contributed by atoms with Crippen LogP contribution < -0.4 is 5.32 Å². The summed E-state index contributed by atoms with van der Waals surface area (Å²) in [6, 6.07) is 4.12. The molecule has 0 radical (unpaired) electrons. The van der Waals surface area contributed by atoms with Crippen molar-refractivity contribution in [2.75, 3.05) is 31.5 Å². The third kappa shape index (κ3) is 5.25. The number of halogens is 1. The molecule has 35 heavy (non-hydrogen) atoms. The van der Waals surface area contributed by atoms with Crippen LogP contribution in [0.25, 0.3) is 0 Å². The molecule has 11 heteroatoms. The standard InChI is InChI=1S/C24H32FN5O4S/c1-16-13-20(25)8-9-21(16)26-24(32)19-7-6-12-29(14-19)35(33,34)23-17(2)27-30(18(23)3)15-22(31)28-10-4-5-11-28/h8-9,13,19H,4-7,10-12,14-15H2,1-3H3,(H,26,32)/t19-/m0/s1. The minimum atomic E-state index is -3.91. The third-order valence-corrected chi connectivity index (χ3v) is 8.98. The normalized spacial score (nSPS) is 19.2. The molecule has 1 aromatic heterocycles. The molecule has 2 amide bonds. The molecule has 2 fully saturated rings. The zero-order valence-corrected chi connectivity index (χ0v) is 21.2. The number of sulfonamides is 1. The molecule has 0 spiro atoms. The van der Waals surface area contributed by atoms with Gasteiger partial charge in [-0.1, -0.05) is 0 Å². The van der Waals surface area contributed by atoms with Gasteiger partial charge in [-0.2, -0.15) is 9.40 Å². The van der Waals surface area contributed by atoms with Crippen molar-refractivity contribution in [1.29, 1.82) is 0 Å². The maximum absolute atomic E-state index is 13.6. The summed E-state index contributed by atoms with van der Waals surface area (Å²) in [6.07, 6.45) is 3.05. The van der Waals surface area contributed by atoms with Crippen molar-refractivity contribution < 1.29 is 22.4 Å². The van der Waals surface area contributed by atoms with Crippen LogP contribution in [0.1, 0.15) is 42.6 Å². The lowest BCUT2D eigenvalue weighted by atomic mass is 9.98. The van der Waals surface area contributed by atoms with E-state index in [0.29, 0.717) is 42.0 Å². The van der Waals surface area contributed by atoms with Gasteiger partial charge in [0.05, 0.1) is 17.3 Å². The van der Waals surface area contributed by atoms with Crippen LogP contribution in [0, 0.1) is 32.5 Å². The van der Waals surface area contributed by atoms with E-state index in [1.165, 1.54) is 27.2 Å². The maximum Gasteiger partial charge on any atom is 0.246 e. The Balaban J connectivity index is 1.49. The molecular weight excluding hydrogens is 473 g/mol. The lowest BCUT2D eigenvalue weighted by molar-refractivity contribution is -0.131. The topological polar surface area (TPSA) is 105 Å². The predicted octanol–water partition coefficient (Wildman–Crippen LogP) is 2.61. The van der Waals surface area contributed by atoms with Gasteiger partial charge in [0.25, 0.3) is 0 Å². The maximum atomic E-state index is 13.6. The van der Waals surface area contributed by atoms with E-state index in [-0.39, 0.29) is 35.6 Å². The minimum Gasteiger partial charge on any atom is -0.341 e. The Morgan fingerprint density at radius 2 is 1.83 bits per heavy atom. The van der Waals surface area contributed by atoms with Crippen molar-refractivity contribution in [3.05, 3.63) is 41.0 Å². The van der Waals surface area contributed by atoms with Crippen LogP contribution in [0.3, 0.4) is 0 Å². The van der Waals surface area contributed by atoms with Crippen LogP contribution in [-0.4, -0.2) is 65.4 Å². The van der Waals surface area contributed by atoms with E-state index < -0.39 is 15.9 Å². The molecule has 1 atom stereocenters. The summed E-state index contributed by atoms with van der Waals surface area (Å²) in [5.41, 5.74) is 1.86. The first-order valence-corrected chi connectivity index (χ1v) is 13.4. The highest BCUT2D eigenvalue weighted by molar-refractivity contribution is 7.89. The zero-order chi connectivity index (χ0) is 25.3. The number of carbonyl (C=O) groups excluding carboxylic acids is 2. The van der Waals surface area contributed by atoms with Crippen LogP contribution >= 0.6 is 0 Å². The molecule has 9 nitrogen and oxygen atoms in total. The molecule has 0 aliphatic carbocycles. The van der Waals surface area contributed by atoms with E-state index >= 15 is 0 Å². The number of likely N-dealkylation sites (tertiary alicyclic amines) is 1. The number of hydrogen-bond acceptors (Lipinski definition) is 5. The molecule has 0 bridgehead atoms. The second-order valence-electron chi connectivity index (χ2n) is 9.40. The first-order chi connectivity index (χ1) is 16.6. The number of aryl methyl sites for hydroxylation is 2. The Morgan fingerprint density at radius 1 is 1.11 bits per heavy atom. The largest absolute Gasteiger partial charge is 0.341 e. The number of anilines is 1. The van der Waals surface area contributed by atoms with Gasteiger partial charge in [0.2, 0.25) is 21.8 Å². The number of aromatic nitrogens is 2. The van der Waals surface area contributed by atoms with Gasteiger partial charge in [-0.05, 0) is 70.2 Å². The number of rotatable bonds is 6. The molecule has 2 saturated heterocycles. The average Bonchev–Trinajstić information content (AvgIpc) is 3.44. The van der Waals surface area contributed by atoms with Crippen molar-refractivity contribution in [2.45, 2.75) is 57.9 Å². The van der Waals surface area contributed by atoms with E-state index in [1.807, 2.05) is 0 Å². The second-order valence-corrected chi connectivity index (χ2v) is 11.3. The fourth-order valence-corrected chi connectivity index (χ4v) is 6.81. The molecule has 1 aromatic carbocycles. The quantitative estimate of drug-likeness (QED) is 0.650. The van der Waals surface area contributed by atoms with Crippen molar-refractivity contribution in [2.24, 2.45) is 5.92 Å². The van der Waals surface area contributed by atoms with E-state index in [4.69, 9.17) is 0 Å². The van der Waals surface area contributed by atoms with E-state index in [1.54, 1.807) is 25.7 Å². The Kier molecular flexibility index (Phi) is 7.27. The molecule has 2 aromatic rings. The lowest BCUT2D eigenvalue weighted by Gasteiger charge is -2.31. The Hall–Kier alpha value is -2.79. The number of nitrogens with zero attached hydrogens (tertiary/aromatic N) is 4. The van der Waals surface area contributed by atoms with Gasteiger partial charge in [0.15, 0.2) is 0 Å². The number of nitrogens with one attached hydrogen (secondary N) is 1. The molecule has 190 valence electrons. The Morgan fingerprint density at radius 3 is 2.51 bits per heavy atom. The fraction of sp³-hybridized carbons (Fsp3) is 0.542. The Labute approximate surface area is 205 Å². The van der Waals surface area contributed by atoms with Gasteiger partial charge in [-0.15, -0.1) is 0 Å². The number of hydrogen-bond donors (Lipinski definition) is 1. The van der Waals surface area contributed by atoms with Gasteiger partial charge in [-0.3, -0.25) is 14.3 Å². The fourth-order valence-electron chi connectivity index (χ4n) is 4.91. The molecule has 0 saturated carbocycles. The smallest absolute Gasteiger partial charge is 0.246 e. The van der Waals surface area contributed by atoms with Crippen LogP contribution in [0.2, 0.25) is 0 Å². The van der Waals surface area contributed by atoms with E-state index in [2.05, 4.69) is 10.4 Å². The van der Waals surface area contributed by atoms with Crippen molar-refractivity contribution >= 4 is 27.5 Å². The molecule has 2 aliphatic heterocycles. The first kappa shape index (κ1) is 25.3. The van der Waals surface area contributed by atoms with E-state index in [9.17, 15) is 22.4 Å². The molecule has 4 rings (SSSR count). The number of piperidine rings is 1. The third-order valence-electron chi connectivity index (χ3n) is 6.86. The minimum absolute atomic E-state index is 0.00421. The summed E-state index contributed by atoms with van der Waals surface area (Å²) in [5, 5.41) is 7.17. The number of carbonyl (C=O) groups is 2. The highest BCUT2D eigenvalue weighted by Gasteiger charge is 2.37. The van der Waals surface area contributed by atoms with E-state index in [0.717, 1.165) is 25.9 Å². The van der Waals surface area contributed by atoms with Gasteiger partial charge >= 0.3 is 0 Å². The lowest BCUT2D eigenvalue weighted by Crippen LogP contribution is -2.44. The van der Waals surface area contributed by atoms with Crippen LogP contribution in [0.15, 0.2) is 23.1 Å². The van der Waals surface area contributed by atoms with Crippen molar-refractivity contribution in [3.8, 4) is 0 Å². The monoisotopic (exact) mass is 505 g/mol. The van der Waals surface area contributed by atoms with Crippen molar-refractivity contribution in [3.63, 3.8) is 0 Å². The van der Waals surface area contributed by atoms with Crippen molar-refractivity contribution in [1.82, 2.24) is 19.0 Å². The first-order valence-electron chi connectivity index (χ1n) is 12.0. The SMILES string of the molecule is Cc1cc(F)ccc1NC(=O)[C@H]1CCCN(S(=O)(=O)c2c(C)nn(CC(=O)N3CCCC3)c2C)C1. The van der Waals surface area contributed by atoms with Crippen LogP contribution in [-0.2, 0) is 26.2 Å². The summed E-state index contributed by atoms with van der Waals surface area (Å²) >= 11 is 0. The summed E-state index contributed by atoms with van der Waals surface area (Å²) in [6.45, 7) is 6.79.